The molecular weight excluding hydrogens is 356 g/mol. The average Bonchev–Trinajstić information content (AvgIpc) is 3.12. The molecule has 0 aromatic heterocycles. The molecule has 28 heavy (non-hydrogen) atoms. The Balaban J connectivity index is 1.51. The van der Waals surface area contributed by atoms with Crippen molar-refractivity contribution in [3.63, 3.8) is 0 Å². The SMILES string of the molecule is Cc1ccc(C)c(C(=O)CCC(=O)NCc2cccc(N3CCOC3=O)c2)c1. The number of aryl methyl sites for hydroxylation is 2. The number of hydrogen-bond donors (Lipinski definition) is 1. The molecule has 0 aliphatic carbocycles. The average molecular weight is 380 g/mol. The van der Waals surface area contributed by atoms with Crippen molar-refractivity contribution in [1.82, 2.24) is 5.32 Å². The Hall–Kier alpha value is -3.15. The summed E-state index contributed by atoms with van der Waals surface area (Å²) in [5.41, 5.74) is 4.26. The zero-order valence-electron chi connectivity index (χ0n) is 16.2. The van der Waals surface area contributed by atoms with Crippen LogP contribution in [0.15, 0.2) is 42.5 Å². The van der Waals surface area contributed by atoms with E-state index in [0.29, 0.717) is 25.3 Å². The van der Waals surface area contributed by atoms with Crippen LogP contribution in [0.25, 0.3) is 0 Å². The highest BCUT2D eigenvalue weighted by molar-refractivity contribution is 5.99. The summed E-state index contributed by atoms with van der Waals surface area (Å²) in [6, 6.07) is 13.2. The van der Waals surface area contributed by atoms with Gasteiger partial charge < -0.3 is 10.1 Å². The number of amides is 2. The second-order valence-corrected chi connectivity index (χ2v) is 6.95. The largest absolute Gasteiger partial charge is 0.447 e. The van der Waals surface area contributed by atoms with Gasteiger partial charge in [-0.3, -0.25) is 14.5 Å². The number of cyclic esters (lactones) is 1. The number of ether oxygens (including phenoxy) is 1. The van der Waals surface area contributed by atoms with Gasteiger partial charge in [-0.25, -0.2) is 4.79 Å². The molecule has 0 radical (unpaired) electrons. The molecule has 2 amide bonds. The third kappa shape index (κ3) is 4.76. The van der Waals surface area contributed by atoms with E-state index in [2.05, 4.69) is 5.32 Å². The summed E-state index contributed by atoms with van der Waals surface area (Å²) in [5, 5.41) is 2.83. The van der Waals surface area contributed by atoms with Crippen LogP contribution in [-0.2, 0) is 16.1 Å². The molecule has 146 valence electrons. The molecule has 0 unspecified atom stereocenters. The summed E-state index contributed by atoms with van der Waals surface area (Å²) in [5.74, 6) is -0.199. The van der Waals surface area contributed by atoms with Gasteiger partial charge in [0.2, 0.25) is 5.91 Å². The third-order valence-electron chi connectivity index (χ3n) is 4.75. The molecule has 6 nitrogen and oxygen atoms in total. The lowest BCUT2D eigenvalue weighted by Crippen LogP contribution is -2.25. The Bertz CT molecular complexity index is 907. The van der Waals surface area contributed by atoms with Crippen LogP contribution >= 0.6 is 0 Å². The molecule has 1 heterocycles. The van der Waals surface area contributed by atoms with Gasteiger partial charge in [0.25, 0.3) is 0 Å². The summed E-state index contributed by atoms with van der Waals surface area (Å²) >= 11 is 0. The summed E-state index contributed by atoms with van der Waals surface area (Å²) in [6.45, 7) is 5.09. The van der Waals surface area contributed by atoms with Crippen molar-refractivity contribution >= 4 is 23.5 Å². The molecule has 0 atom stereocenters. The van der Waals surface area contributed by atoms with Gasteiger partial charge in [0.1, 0.15) is 6.61 Å². The van der Waals surface area contributed by atoms with Gasteiger partial charge in [0.05, 0.1) is 6.54 Å². The van der Waals surface area contributed by atoms with Crippen LogP contribution in [0.1, 0.15) is 39.9 Å². The Morgan fingerprint density at radius 2 is 1.93 bits per heavy atom. The Morgan fingerprint density at radius 3 is 2.68 bits per heavy atom. The third-order valence-corrected chi connectivity index (χ3v) is 4.75. The molecule has 1 fully saturated rings. The molecule has 0 saturated carbocycles. The monoisotopic (exact) mass is 380 g/mol. The zero-order valence-corrected chi connectivity index (χ0v) is 16.2. The van der Waals surface area contributed by atoms with Crippen molar-refractivity contribution in [2.75, 3.05) is 18.1 Å². The summed E-state index contributed by atoms with van der Waals surface area (Å²) in [6.07, 6.45) is -0.0358. The van der Waals surface area contributed by atoms with E-state index in [1.165, 1.54) is 0 Å². The van der Waals surface area contributed by atoms with Crippen LogP contribution < -0.4 is 10.2 Å². The lowest BCUT2D eigenvalue weighted by molar-refractivity contribution is -0.121. The lowest BCUT2D eigenvalue weighted by Gasteiger charge is -2.14. The van der Waals surface area contributed by atoms with Gasteiger partial charge in [-0.1, -0.05) is 29.8 Å². The van der Waals surface area contributed by atoms with E-state index in [0.717, 1.165) is 22.4 Å². The fourth-order valence-electron chi connectivity index (χ4n) is 3.15. The van der Waals surface area contributed by atoms with Crippen LogP contribution in [0.2, 0.25) is 0 Å². The minimum atomic E-state index is -0.355. The molecule has 6 heteroatoms. The van der Waals surface area contributed by atoms with E-state index >= 15 is 0 Å². The smallest absolute Gasteiger partial charge is 0.414 e. The normalized spacial score (nSPS) is 13.4. The van der Waals surface area contributed by atoms with Crippen LogP contribution in [-0.4, -0.2) is 30.9 Å². The number of carbonyl (C=O) groups is 3. The van der Waals surface area contributed by atoms with Crippen LogP contribution in [0, 0.1) is 13.8 Å². The van der Waals surface area contributed by atoms with E-state index in [-0.39, 0.29) is 30.6 Å². The van der Waals surface area contributed by atoms with Crippen molar-refractivity contribution in [1.29, 1.82) is 0 Å². The minimum Gasteiger partial charge on any atom is -0.447 e. The molecule has 1 saturated heterocycles. The van der Waals surface area contributed by atoms with Crippen molar-refractivity contribution in [2.24, 2.45) is 0 Å². The molecule has 0 bridgehead atoms. The number of hydrogen-bond acceptors (Lipinski definition) is 4. The molecular formula is C22H24N2O4. The first kappa shape index (κ1) is 19.6. The highest BCUT2D eigenvalue weighted by Gasteiger charge is 2.23. The van der Waals surface area contributed by atoms with Gasteiger partial charge in [0, 0.05) is 30.6 Å². The first-order valence-corrected chi connectivity index (χ1v) is 9.34. The van der Waals surface area contributed by atoms with E-state index in [4.69, 9.17) is 4.74 Å². The molecule has 2 aromatic rings. The molecule has 1 aliphatic heterocycles. The second-order valence-electron chi connectivity index (χ2n) is 6.95. The molecule has 1 N–H and O–H groups in total. The molecule has 1 aliphatic rings. The number of anilines is 1. The van der Waals surface area contributed by atoms with Gasteiger partial charge in [-0.05, 0) is 43.2 Å². The quantitative estimate of drug-likeness (QED) is 0.746. The van der Waals surface area contributed by atoms with E-state index in [1.807, 2.05) is 56.3 Å². The van der Waals surface area contributed by atoms with Crippen LogP contribution in [0.5, 0.6) is 0 Å². The number of carbonyl (C=O) groups excluding carboxylic acids is 3. The second kappa shape index (κ2) is 8.69. The lowest BCUT2D eigenvalue weighted by atomic mass is 9.99. The van der Waals surface area contributed by atoms with Crippen LogP contribution in [0.3, 0.4) is 0 Å². The predicted octanol–water partition coefficient (Wildman–Crippen LogP) is 3.54. The zero-order chi connectivity index (χ0) is 20.1. The van der Waals surface area contributed by atoms with Crippen molar-refractivity contribution in [2.45, 2.75) is 33.2 Å². The Kier molecular flexibility index (Phi) is 6.09. The first-order chi connectivity index (χ1) is 13.4. The highest BCUT2D eigenvalue weighted by atomic mass is 16.6. The fraction of sp³-hybridized carbons (Fsp3) is 0.318. The molecule has 2 aromatic carbocycles. The van der Waals surface area contributed by atoms with Crippen molar-refractivity contribution < 1.29 is 19.1 Å². The minimum absolute atomic E-state index is 0.0223. The number of ketones is 1. The number of nitrogens with one attached hydrogen (secondary N) is 1. The highest BCUT2D eigenvalue weighted by Crippen LogP contribution is 2.20. The van der Waals surface area contributed by atoms with E-state index in [9.17, 15) is 14.4 Å². The summed E-state index contributed by atoms with van der Waals surface area (Å²) in [7, 11) is 0. The van der Waals surface area contributed by atoms with Gasteiger partial charge in [-0.15, -0.1) is 0 Å². The summed E-state index contributed by atoms with van der Waals surface area (Å²) in [4.78, 5) is 37.8. The molecule has 0 spiro atoms. The standard InChI is InChI=1S/C22H24N2O4/c1-15-6-7-16(2)19(12-15)20(25)8-9-21(26)23-14-17-4-3-5-18(13-17)24-10-11-28-22(24)27/h3-7,12-13H,8-11,14H2,1-2H3,(H,23,26). The van der Waals surface area contributed by atoms with Gasteiger partial charge in [0.15, 0.2) is 5.78 Å². The first-order valence-electron chi connectivity index (χ1n) is 9.34. The van der Waals surface area contributed by atoms with Gasteiger partial charge >= 0.3 is 6.09 Å². The number of Topliss-reactive ketones (excluding diaryl/α,β-unsaturated/α-hetero) is 1. The van der Waals surface area contributed by atoms with E-state index in [1.54, 1.807) is 4.90 Å². The maximum atomic E-state index is 12.4. The Morgan fingerprint density at radius 1 is 1.11 bits per heavy atom. The molecule has 3 rings (SSSR count). The number of rotatable bonds is 7. The van der Waals surface area contributed by atoms with Crippen LogP contribution in [0.4, 0.5) is 10.5 Å². The maximum absolute atomic E-state index is 12.4. The van der Waals surface area contributed by atoms with Crippen molar-refractivity contribution in [3.05, 3.63) is 64.7 Å². The fourth-order valence-corrected chi connectivity index (χ4v) is 3.15. The van der Waals surface area contributed by atoms with Gasteiger partial charge in [-0.2, -0.15) is 0 Å². The maximum Gasteiger partial charge on any atom is 0.414 e. The predicted molar refractivity (Wildman–Crippen MR) is 106 cm³/mol. The Labute approximate surface area is 164 Å². The summed E-state index contributed by atoms with van der Waals surface area (Å²) < 4.78 is 4.95. The number of benzene rings is 2. The van der Waals surface area contributed by atoms with Crippen molar-refractivity contribution in [3.8, 4) is 0 Å². The number of nitrogens with zero attached hydrogens (tertiary/aromatic N) is 1. The topological polar surface area (TPSA) is 75.7 Å². The van der Waals surface area contributed by atoms with E-state index < -0.39 is 0 Å².